The van der Waals surface area contributed by atoms with Gasteiger partial charge in [-0.2, -0.15) is 0 Å². The second kappa shape index (κ2) is 7.78. The number of carbonyl (C=O) groups excluding carboxylic acids is 1. The molecule has 0 radical (unpaired) electrons. The highest BCUT2D eigenvalue weighted by molar-refractivity contribution is 5.91. The predicted molar refractivity (Wildman–Crippen MR) is 78.0 cm³/mol. The average molecular weight is 294 g/mol. The largest absolute Gasteiger partial charge is 0.497 e. The van der Waals surface area contributed by atoms with Gasteiger partial charge in [0.2, 0.25) is 0 Å². The number of ether oxygens (including phenoxy) is 2. The number of carbonyl (C=O) groups is 2. The number of nitrogens with zero attached hydrogens (tertiary/aromatic N) is 1. The second-order valence-electron chi connectivity index (χ2n) is 4.09. The van der Waals surface area contributed by atoms with E-state index >= 15 is 0 Å². The Bertz CT molecular complexity index is 508. The maximum absolute atomic E-state index is 12.1. The molecule has 0 aliphatic rings. The van der Waals surface area contributed by atoms with E-state index in [2.05, 4.69) is 11.9 Å². The molecule has 21 heavy (non-hydrogen) atoms. The van der Waals surface area contributed by atoms with Crippen LogP contribution >= 0.6 is 0 Å². The van der Waals surface area contributed by atoms with Crippen molar-refractivity contribution in [3.8, 4) is 11.5 Å². The lowest BCUT2D eigenvalue weighted by molar-refractivity contribution is -0.137. The van der Waals surface area contributed by atoms with Crippen LogP contribution in [-0.2, 0) is 4.79 Å². The van der Waals surface area contributed by atoms with Crippen molar-refractivity contribution in [1.29, 1.82) is 0 Å². The van der Waals surface area contributed by atoms with Crippen molar-refractivity contribution in [2.75, 3.05) is 32.6 Å². The van der Waals surface area contributed by atoms with Crippen molar-refractivity contribution in [3.05, 3.63) is 30.9 Å². The Morgan fingerprint density at radius 1 is 1.29 bits per heavy atom. The summed E-state index contributed by atoms with van der Waals surface area (Å²) < 4.78 is 10.2. The van der Waals surface area contributed by atoms with Gasteiger partial charge < -0.3 is 24.8 Å². The van der Waals surface area contributed by atoms with Crippen molar-refractivity contribution in [1.82, 2.24) is 4.90 Å². The van der Waals surface area contributed by atoms with Crippen LogP contribution in [0.1, 0.15) is 0 Å². The number of hydrogen-bond donors (Lipinski definition) is 2. The van der Waals surface area contributed by atoms with E-state index in [-0.39, 0.29) is 6.54 Å². The lowest BCUT2D eigenvalue weighted by atomic mass is 10.3. The Balaban J connectivity index is 2.89. The van der Waals surface area contributed by atoms with Crippen LogP contribution in [-0.4, -0.2) is 49.3 Å². The van der Waals surface area contributed by atoms with Gasteiger partial charge in [-0.3, -0.25) is 4.79 Å². The van der Waals surface area contributed by atoms with Crippen LogP contribution in [0.15, 0.2) is 30.9 Å². The summed E-state index contributed by atoms with van der Waals surface area (Å²) in [4.78, 5) is 23.9. The summed E-state index contributed by atoms with van der Waals surface area (Å²) in [5, 5.41) is 11.4. The number of amides is 2. The van der Waals surface area contributed by atoms with Gasteiger partial charge in [-0.25, -0.2) is 4.79 Å². The first kappa shape index (κ1) is 16.4. The molecule has 0 saturated heterocycles. The summed E-state index contributed by atoms with van der Waals surface area (Å²) in [5.41, 5.74) is 0.440. The van der Waals surface area contributed by atoms with Crippen molar-refractivity contribution in [2.24, 2.45) is 0 Å². The number of nitrogens with one attached hydrogen (secondary N) is 1. The molecule has 0 heterocycles. The molecule has 7 heteroatoms. The number of aliphatic carboxylic acids is 1. The molecule has 0 unspecified atom stereocenters. The van der Waals surface area contributed by atoms with Gasteiger partial charge in [-0.1, -0.05) is 6.08 Å². The Labute approximate surface area is 122 Å². The minimum absolute atomic E-state index is 0.124. The molecule has 0 bridgehead atoms. The molecule has 0 atom stereocenters. The molecular formula is C14H18N2O5. The first-order valence-corrected chi connectivity index (χ1v) is 6.11. The maximum Gasteiger partial charge on any atom is 0.323 e. The molecule has 1 aromatic carbocycles. The molecule has 0 aromatic heterocycles. The molecule has 2 amide bonds. The van der Waals surface area contributed by atoms with Crippen molar-refractivity contribution in [3.63, 3.8) is 0 Å². The highest BCUT2D eigenvalue weighted by Crippen LogP contribution is 2.25. The van der Waals surface area contributed by atoms with Gasteiger partial charge in [0.15, 0.2) is 0 Å². The van der Waals surface area contributed by atoms with Crippen LogP contribution in [0.3, 0.4) is 0 Å². The number of benzene rings is 1. The highest BCUT2D eigenvalue weighted by Gasteiger charge is 2.16. The Hall–Kier alpha value is -2.70. The fourth-order valence-electron chi connectivity index (χ4n) is 1.62. The first-order valence-electron chi connectivity index (χ1n) is 6.11. The molecule has 0 spiro atoms. The Morgan fingerprint density at radius 2 is 1.86 bits per heavy atom. The van der Waals surface area contributed by atoms with Crippen molar-refractivity contribution in [2.45, 2.75) is 0 Å². The van der Waals surface area contributed by atoms with Gasteiger partial charge in [0, 0.05) is 30.4 Å². The average Bonchev–Trinajstić information content (AvgIpc) is 2.45. The smallest absolute Gasteiger partial charge is 0.323 e. The molecule has 2 N–H and O–H groups in total. The molecule has 0 fully saturated rings. The minimum Gasteiger partial charge on any atom is -0.497 e. The molecule has 0 aliphatic heterocycles. The first-order chi connectivity index (χ1) is 9.99. The molecule has 7 nitrogen and oxygen atoms in total. The summed E-state index contributed by atoms with van der Waals surface area (Å²) >= 11 is 0. The van der Waals surface area contributed by atoms with E-state index in [9.17, 15) is 9.59 Å². The lowest BCUT2D eigenvalue weighted by Gasteiger charge is -2.20. The van der Waals surface area contributed by atoms with E-state index in [0.29, 0.717) is 17.2 Å². The monoisotopic (exact) mass is 294 g/mol. The highest BCUT2D eigenvalue weighted by atomic mass is 16.5. The van der Waals surface area contributed by atoms with Crippen LogP contribution in [0.5, 0.6) is 11.5 Å². The van der Waals surface area contributed by atoms with Gasteiger partial charge in [-0.15, -0.1) is 6.58 Å². The quantitative estimate of drug-likeness (QED) is 0.749. The molecule has 1 rings (SSSR count). The van der Waals surface area contributed by atoms with Gasteiger partial charge in [0.1, 0.15) is 18.0 Å². The van der Waals surface area contributed by atoms with Gasteiger partial charge in [0.05, 0.1) is 14.2 Å². The summed E-state index contributed by atoms with van der Waals surface area (Å²) in [5.74, 6) is -0.0773. The third-order valence-electron chi connectivity index (χ3n) is 2.57. The Morgan fingerprint density at radius 3 is 2.29 bits per heavy atom. The third kappa shape index (κ3) is 5.06. The van der Waals surface area contributed by atoms with Crippen LogP contribution in [0, 0.1) is 0 Å². The van der Waals surface area contributed by atoms with Gasteiger partial charge in [0.25, 0.3) is 0 Å². The van der Waals surface area contributed by atoms with E-state index in [1.54, 1.807) is 18.2 Å². The van der Waals surface area contributed by atoms with Crippen LogP contribution in [0.4, 0.5) is 10.5 Å². The van der Waals surface area contributed by atoms with Crippen molar-refractivity contribution < 1.29 is 24.2 Å². The molecular weight excluding hydrogens is 276 g/mol. The molecule has 1 aromatic rings. The fourth-order valence-corrected chi connectivity index (χ4v) is 1.62. The van der Waals surface area contributed by atoms with E-state index in [4.69, 9.17) is 14.6 Å². The van der Waals surface area contributed by atoms with E-state index < -0.39 is 18.5 Å². The number of urea groups is 1. The fraction of sp³-hybridized carbons (Fsp3) is 0.286. The van der Waals surface area contributed by atoms with Crippen LogP contribution in [0.25, 0.3) is 0 Å². The van der Waals surface area contributed by atoms with Crippen LogP contribution in [0.2, 0.25) is 0 Å². The second-order valence-corrected chi connectivity index (χ2v) is 4.09. The number of rotatable bonds is 7. The van der Waals surface area contributed by atoms with E-state index in [1.165, 1.54) is 20.3 Å². The lowest BCUT2D eigenvalue weighted by Crippen LogP contribution is -2.38. The zero-order valence-corrected chi connectivity index (χ0v) is 12.0. The summed E-state index contributed by atoms with van der Waals surface area (Å²) in [7, 11) is 2.99. The maximum atomic E-state index is 12.1. The number of hydrogen-bond acceptors (Lipinski definition) is 4. The summed E-state index contributed by atoms with van der Waals surface area (Å²) in [6.07, 6.45) is 1.45. The zero-order valence-electron chi connectivity index (χ0n) is 12.0. The zero-order chi connectivity index (χ0) is 15.8. The normalized spacial score (nSPS) is 9.62. The molecule has 114 valence electrons. The summed E-state index contributed by atoms with van der Waals surface area (Å²) in [6, 6.07) is 4.32. The number of carboxylic acid groups (broad SMARTS) is 1. The van der Waals surface area contributed by atoms with Crippen LogP contribution < -0.4 is 14.8 Å². The van der Waals surface area contributed by atoms with E-state index in [0.717, 1.165) is 4.90 Å². The summed E-state index contributed by atoms with van der Waals surface area (Å²) in [6.45, 7) is 3.20. The Kier molecular flexibility index (Phi) is 6.06. The number of methoxy groups -OCH3 is 2. The predicted octanol–water partition coefficient (Wildman–Crippen LogP) is 1.81. The number of carboxylic acids is 1. The third-order valence-corrected chi connectivity index (χ3v) is 2.57. The standard InChI is InChI=1S/C14H18N2O5/c1-4-5-16(9-13(17)18)14(19)15-10-6-11(20-2)8-12(7-10)21-3/h4,6-8H,1,5,9H2,2-3H3,(H,15,19)(H,17,18). The topological polar surface area (TPSA) is 88.1 Å². The van der Waals surface area contributed by atoms with Gasteiger partial charge in [-0.05, 0) is 0 Å². The van der Waals surface area contributed by atoms with Gasteiger partial charge >= 0.3 is 12.0 Å². The molecule has 0 aliphatic carbocycles. The SMILES string of the molecule is C=CCN(CC(=O)O)C(=O)Nc1cc(OC)cc(OC)c1. The number of anilines is 1. The molecule has 0 saturated carbocycles. The van der Waals surface area contributed by atoms with E-state index in [1.807, 2.05) is 0 Å². The van der Waals surface area contributed by atoms with Crippen molar-refractivity contribution >= 4 is 17.7 Å². The minimum atomic E-state index is -1.10.